The highest BCUT2D eigenvalue weighted by Gasteiger charge is 2.32. The Labute approximate surface area is 112 Å². The normalized spacial score (nSPS) is 19.3. The van der Waals surface area contributed by atoms with Crippen LogP contribution in [0.25, 0.3) is 0 Å². The largest absolute Gasteiger partial charge is 0.493 e. The number of rotatable bonds is 3. The first kappa shape index (κ1) is 13.3. The zero-order valence-electron chi connectivity index (χ0n) is 11.0. The van der Waals surface area contributed by atoms with Crippen molar-refractivity contribution in [1.82, 2.24) is 0 Å². The Hall–Kier alpha value is -2.10. The molecule has 0 amide bonds. The first-order valence-electron chi connectivity index (χ1n) is 6.17. The number of ketones is 1. The molecule has 0 saturated heterocycles. The number of carbonyl (C=O) groups excluding carboxylic acids is 2. The van der Waals surface area contributed by atoms with E-state index in [-0.39, 0.29) is 5.78 Å². The molecule has 0 heterocycles. The minimum absolute atomic E-state index is 0.254. The Morgan fingerprint density at radius 2 is 1.95 bits per heavy atom. The van der Waals surface area contributed by atoms with E-state index in [9.17, 15) is 9.59 Å². The molecule has 0 spiro atoms. The van der Waals surface area contributed by atoms with Crippen molar-refractivity contribution in [3.8, 4) is 0 Å². The molecule has 1 atom stereocenters. The Bertz CT molecular complexity index is 516. The summed E-state index contributed by atoms with van der Waals surface area (Å²) in [5.41, 5.74) is 1.35. The number of ether oxygens (including phenoxy) is 2. The van der Waals surface area contributed by atoms with Gasteiger partial charge in [-0.05, 0) is 37.5 Å². The topological polar surface area (TPSA) is 52.6 Å². The number of Topliss-reactive ketones (excluding diaryl/α,β-unsaturated/α-hetero) is 1. The van der Waals surface area contributed by atoms with Crippen molar-refractivity contribution in [2.24, 2.45) is 0 Å². The molecule has 2 rings (SSSR count). The van der Waals surface area contributed by atoms with E-state index in [1.54, 1.807) is 24.3 Å². The molecule has 0 fully saturated rings. The summed E-state index contributed by atoms with van der Waals surface area (Å²) in [6.07, 6.45) is 0.462. The highest BCUT2D eigenvalue weighted by atomic mass is 16.6. The molecule has 0 bridgehead atoms. The maximum atomic E-state index is 12.1. The van der Waals surface area contributed by atoms with E-state index >= 15 is 0 Å². The second kappa shape index (κ2) is 5.69. The maximum Gasteiger partial charge on any atom is 0.338 e. The Morgan fingerprint density at radius 1 is 1.26 bits per heavy atom. The fraction of sp³-hybridized carbons (Fsp3) is 0.333. The quantitative estimate of drug-likeness (QED) is 0.783. The molecule has 1 unspecified atom stereocenters. The van der Waals surface area contributed by atoms with Crippen LogP contribution in [0.3, 0.4) is 0 Å². The van der Waals surface area contributed by atoms with Gasteiger partial charge < -0.3 is 9.47 Å². The summed E-state index contributed by atoms with van der Waals surface area (Å²) in [6.45, 7) is 1.85. The fourth-order valence-electron chi connectivity index (χ4n) is 2.11. The van der Waals surface area contributed by atoms with Gasteiger partial charge in [0.25, 0.3) is 0 Å². The maximum absolute atomic E-state index is 12.1. The molecule has 19 heavy (non-hydrogen) atoms. The van der Waals surface area contributed by atoms with E-state index in [1.807, 2.05) is 13.0 Å². The molecular formula is C15H16O4. The monoisotopic (exact) mass is 260 g/mol. The van der Waals surface area contributed by atoms with Crippen LogP contribution in [-0.4, -0.2) is 25.0 Å². The molecule has 1 aromatic rings. The highest BCUT2D eigenvalue weighted by Crippen LogP contribution is 2.25. The summed E-state index contributed by atoms with van der Waals surface area (Å²) in [6, 6.07) is 8.65. The molecule has 0 aromatic heterocycles. The van der Waals surface area contributed by atoms with Gasteiger partial charge in [0, 0.05) is 0 Å². The number of carbonyl (C=O) groups is 2. The van der Waals surface area contributed by atoms with Crippen LogP contribution in [-0.2, 0) is 14.3 Å². The number of hydrogen-bond donors (Lipinski definition) is 0. The molecule has 0 radical (unpaired) electrons. The second-order valence-corrected chi connectivity index (χ2v) is 4.48. The van der Waals surface area contributed by atoms with Crippen molar-refractivity contribution in [2.45, 2.75) is 25.9 Å². The second-order valence-electron chi connectivity index (χ2n) is 4.48. The number of methoxy groups -OCH3 is 1. The van der Waals surface area contributed by atoms with E-state index in [1.165, 1.54) is 7.11 Å². The lowest BCUT2D eigenvalue weighted by Gasteiger charge is -2.23. The van der Waals surface area contributed by atoms with Crippen LogP contribution in [0.2, 0.25) is 0 Å². The van der Waals surface area contributed by atoms with E-state index in [2.05, 4.69) is 0 Å². The van der Waals surface area contributed by atoms with E-state index < -0.39 is 12.1 Å². The van der Waals surface area contributed by atoms with Crippen LogP contribution < -0.4 is 0 Å². The first-order chi connectivity index (χ1) is 9.13. The summed E-state index contributed by atoms with van der Waals surface area (Å²) in [7, 11) is 1.46. The van der Waals surface area contributed by atoms with Gasteiger partial charge in [-0.25, -0.2) is 4.79 Å². The van der Waals surface area contributed by atoms with Crippen molar-refractivity contribution >= 4 is 11.8 Å². The number of hydrogen-bond acceptors (Lipinski definition) is 4. The lowest BCUT2D eigenvalue weighted by Crippen LogP contribution is -2.32. The summed E-state index contributed by atoms with van der Waals surface area (Å²) in [5, 5.41) is 0. The lowest BCUT2D eigenvalue weighted by atomic mass is 9.95. The standard InChI is InChI=1S/C15H16O4/c1-10-8-9-12(13(16)14(10)18-2)19-15(17)11-6-4-3-5-7-11/h3-7,12H,8-9H2,1-2H3. The summed E-state index contributed by atoms with van der Waals surface area (Å²) < 4.78 is 10.3. The first-order valence-corrected chi connectivity index (χ1v) is 6.17. The Balaban J connectivity index is 2.09. The van der Waals surface area contributed by atoms with Crippen molar-refractivity contribution in [3.63, 3.8) is 0 Å². The summed E-state index contributed by atoms with van der Waals surface area (Å²) >= 11 is 0. The molecule has 1 aliphatic carbocycles. The van der Waals surface area contributed by atoms with Crippen LogP contribution in [0.5, 0.6) is 0 Å². The number of allylic oxidation sites excluding steroid dienone is 1. The molecule has 4 heteroatoms. The Kier molecular flexibility index (Phi) is 4.00. The predicted molar refractivity (Wildman–Crippen MR) is 69.6 cm³/mol. The van der Waals surface area contributed by atoms with Crippen LogP contribution >= 0.6 is 0 Å². The average Bonchev–Trinajstić information content (AvgIpc) is 2.43. The molecule has 0 saturated carbocycles. The summed E-state index contributed by atoms with van der Waals surface area (Å²) in [4.78, 5) is 24.0. The molecule has 100 valence electrons. The van der Waals surface area contributed by atoms with Gasteiger partial charge in [-0.15, -0.1) is 0 Å². The fourth-order valence-corrected chi connectivity index (χ4v) is 2.11. The highest BCUT2D eigenvalue weighted by molar-refractivity contribution is 6.00. The third-order valence-electron chi connectivity index (χ3n) is 3.15. The van der Waals surface area contributed by atoms with Gasteiger partial charge in [-0.2, -0.15) is 0 Å². The molecule has 0 aliphatic heterocycles. The van der Waals surface area contributed by atoms with Gasteiger partial charge in [0.15, 0.2) is 11.9 Å². The Morgan fingerprint density at radius 3 is 2.58 bits per heavy atom. The third-order valence-corrected chi connectivity index (χ3v) is 3.15. The SMILES string of the molecule is COC1=C(C)CCC(OC(=O)c2ccccc2)C1=O. The van der Waals surface area contributed by atoms with Gasteiger partial charge in [0.2, 0.25) is 5.78 Å². The molecular weight excluding hydrogens is 244 g/mol. The molecule has 1 aromatic carbocycles. The summed E-state index contributed by atoms with van der Waals surface area (Å²) in [5.74, 6) is -0.415. The van der Waals surface area contributed by atoms with Crippen LogP contribution in [0, 0.1) is 0 Å². The minimum atomic E-state index is -0.744. The van der Waals surface area contributed by atoms with Crippen LogP contribution in [0.15, 0.2) is 41.7 Å². The van der Waals surface area contributed by atoms with Crippen molar-refractivity contribution in [1.29, 1.82) is 0 Å². The van der Waals surface area contributed by atoms with E-state index in [0.29, 0.717) is 24.2 Å². The van der Waals surface area contributed by atoms with Gasteiger partial charge in [-0.3, -0.25) is 4.79 Å². The van der Waals surface area contributed by atoms with Crippen molar-refractivity contribution in [3.05, 3.63) is 47.2 Å². The number of benzene rings is 1. The predicted octanol–water partition coefficient (Wildman–Crippen LogP) is 2.50. The van der Waals surface area contributed by atoms with Gasteiger partial charge in [0.05, 0.1) is 12.7 Å². The van der Waals surface area contributed by atoms with Crippen molar-refractivity contribution < 1.29 is 19.1 Å². The van der Waals surface area contributed by atoms with Crippen LogP contribution in [0.1, 0.15) is 30.1 Å². The van der Waals surface area contributed by atoms with Crippen LogP contribution in [0.4, 0.5) is 0 Å². The lowest BCUT2D eigenvalue weighted by molar-refractivity contribution is -0.128. The van der Waals surface area contributed by atoms with Gasteiger partial charge >= 0.3 is 5.97 Å². The zero-order chi connectivity index (χ0) is 13.8. The average molecular weight is 260 g/mol. The van der Waals surface area contributed by atoms with E-state index in [4.69, 9.17) is 9.47 Å². The number of esters is 1. The van der Waals surface area contributed by atoms with Gasteiger partial charge in [-0.1, -0.05) is 18.2 Å². The van der Waals surface area contributed by atoms with Gasteiger partial charge in [0.1, 0.15) is 0 Å². The van der Waals surface area contributed by atoms with Crippen molar-refractivity contribution in [2.75, 3.05) is 7.11 Å². The third kappa shape index (κ3) is 2.84. The minimum Gasteiger partial charge on any atom is -0.493 e. The molecule has 4 nitrogen and oxygen atoms in total. The molecule has 0 N–H and O–H groups in total. The smallest absolute Gasteiger partial charge is 0.338 e. The van der Waals surface area contributed by atoms with E-state index in [0.717, 1.165) is 5.57 Å². The zero-order valence-corrected chi connectivity index (χ0v) is 11.0. The molecule has 1 aliphatic rings.